The lowest BCUT2D eigenvalue weighted by Crippen LogP contribution is -2.36. The summed E-state index contributed by atoms with van der Waals surface area (Å²) in [5, 5.41) is 7.17. The quantitative estimate of drug-likeness (QED) is 0.829. The van der Waals surface area contributed by atoms with Gasteiger partial charge in [0.2, 0.25) is 0 Å². The zero-order valence-electron chi connectivity index (χ0n) is 13.3. The predicted molar refractivity (Wildman–Crippen MR) is 87.0 cm³/mol. The second kappa shape index (κ2) is 7.80. The Balaban J connectivity index is 1.80. The molecule has 112 valence electrons. The van der Waals surface area contributed by atoms with Crippen LogP contribution < -0.4 is 10.6 Å². The van der Waals surface area contributed by atoms with Crippen LogP contribution >= 0.6 is 0 Å². The van der Waals surface area contributed by atoms with Gasteiger partial charge in [-0.1, -0.05) is 38.1 Å². The maximum atomic E-state index is 3.69. The lowest BCUT2D eigenvalue weighted by atomic mass is 9.98. The molecule has 1 heterocycles. The Labute approximate surface area is 124 Å². The normalized spacial score (nSPS) is 21.1. The minimum atomic E-state index is 0.449. The lowest BCUT2D eigenvalue weighted by molar-refractivity contribution is 0.348. The second-order valence-electron chi connectivity index (χ2n) is 6.68. The van der Waals surface area contributed by atoms with Crippen LogP contribution in [0.5, 0.6) is 0 Å². The van der Waals surface area contributed by atoms with Gasteiger partial charge in [-0.3, -0.25) is 0 Å². The number of hydrogen-bond acceptors (Lipinski definition) is 2. The molecule has 0 radical (unpaired) electrons. The van der Waals surface area contributed by atoms with E-state index in [0.717, 1.165) is 18.4 Å². The molecule has 1 aliphatic heterocycles. The first kappa shape index (κ1) is 15.5. The SMILES string of the molecule is CC(C)Cc1ccc(C(C)NCC2CCCNC2)cc1. The van der Waals surface area contributed by atoms with Crippen molar-refractivity contribution in [2.45, 2.75) is 46.1 Å². The van der Waals surface area contributed by atoms with E-state index in [1.165, 1.54) is 43.5 Å². The van der Waals surface area contributed by atoms with E-state index in [1.54, 1.807) is 0 Å². The molecule has 1 aliphatic rings. The highest BCUT2D eigenvalue weighted by atomic mass is 14.9. The molecule has 1 aromatic rings. The fourth-order valence-corrected chi connectivity index (χ4v) is 2.97. The van der Waals surface area contributed by atoms with E-state index >= 15 is 0 Å². The van der Waals surface area contributed by atoms with E-state index in [2.05, 4.69) is 55.7 Å². The maximum Gasteiger partial charge on any atom is 0.0291 e. The third-order valence-electron chi connectivity index (χ3n) is 4.24. The number of piperidine rings is 1. The Morgan fingerprint density at radius 3 is 2.55 bits per heavy atom. The van der Waals surface area contributed by atoms with E-state index < -0.39 is 0 Å². The molecule has 0 spiro atoms. The van der Waals surface area contributed by atoms with Gasteiger partial charge in [0.15, 0.2) is 0 Å². The van der Waals surface area contributed by atoms with Gasteiger partial charge in [-0.05, 0) is 68.8 Å². The summed E-state index contributed by atoms with van der Waals surface area (Å²) in [5.41, 5.74) is 2.86. The Morgan fingerprint density at radius 1 is 1.20 bits per heavy atom. The van der Waals surface area contributed by atoms with Gasteiger partial charge in [0.05, 0.1) is 0 Å². The van der Waals surface area contributed by atoms with Crippen LogP contribution in [0, 0.1) is 11.8 Å². The highest BCUT2D eigenvalue weighted by Gasteiger charge is 2.14. The molecular weight excluding hydrogens is 244 g/mol. The average molecular weight is 274 g/mol. The number of hydrogen-bond donors (Lipinski definition) is 2. The molecule has 1 fully saturated rings. The standard InChI is InChI=1S/C18H30N2/c1-14(2)11-16-6-8-18(9-7-16)15(3)20-13-17-5-4-10-19-12-17/h6-9,14-15,17,19-20H,4-5,10-13H2,1-3H3. The van der Waals surface area contributed by atoms with Gasteiger partial charge in [-0.25, -0.2) is 0 Å². The Morgan fingerprint density at radius 2 is 1.95 bits per heavy atom. The van der Waals surface area contributed by atoms with Gasteiger partial charge in [-0.15, -0.1) is 0 Å². The van der Waals surface area contributed by atoms with Crippen molar-refractivity contribution in [1.82, 2.24) is 10.6 Å². The van der Waals surface area contributed by atoms with Crippen LogP contribution in [0.4, 0.5) is 0 Å². The summed E-state index contributed by atoms with van der Waals surface area (Å²) >= 11 is 0. The zero-order chi connectivity index (χ0) is 14.4. The molecule has 0 amide bonds. The largest absolute Gasteiger partial charge is 0.316 e. The molecule has 0 bridgehead atoms. The van der Waals surface area contributed by atoms with Gasteiger partial charge >= 0.3 is 0 Å². The highest BCUT2D eigenvalue weighted by molar-refractivity contribution is 5.25. The molecule has 0 aromatic heterocycles. The van der Waals surface area contributed by atoms with Crippen molar-refractivity contribution >= 4 is 0 Å². The summed E-state index contributed by atoms with van der Waals surface area (Å²) in [4.78, 5) is 0. The van der Waals surface area contributed by atoms with Crippen molar-refractivity contribution in [3.8, 4) is 0 Å². The van der Waals surface area contributed by atoms with Crippen LogP contribution in [-0.2, 0) is 6.42 Å². The molecule has 1 aromatic carbocycles. The molecule has 2 nitrogen and oxygen atoms in total. The van der Waals surface area contributed by atoms with Crippen LogP contribution in [-0.4, -0.2) is 19.6 Å². The molecule has 2 rings (SSSR count). The molecule has 20 heavy (non-hydrogen) atoms. The fourth-order valence-electron chi connectivity index (χ4n) is 2.97. The lowest BCUT2D eigenvalue weighted by Gasteiger charge is -2.25. The topological polar surface area (TPSA) is 24.1 Å². The smallest absolute Gasteiger partial charge is 0.0291 e. The molecule has 1 saturated heterocycles. The Hall–Kier alpha value is -0.860. The van der Waals surface area contributed by atoms with Crippen molar-refractivity contribution < 1.29 is 0 Å². The van der Waals surface area contributed by atoms with Crippen molar-refractivity contribution in [2.75, 3.05) is 19.6 Å². The second-order valence-corrected chi connectivity index (χ2v) is 6.68. The van der Waals surface area contributed by atoms with E-state index in [-0.39, 0.29) is 0 Å². The van der Waals surface area contributed by atoms with E-state index in [9.17, 15) is 0 Å². The molecule has 2 atom stereocenters. The third kappa shape index (κ3) is 4.92. The first-order valence-corrected chi connectivity index (χ1v) is 8.18. The fraction of sp³-hybridized carbons (Fsp3) is 0.667. The summed E-state index contributed by atoms with van der Waals surface area (Å²) in [6.45, 7) is 10.3. The van der Waals surface area contributed by atoms with Gasteiger partial charge < -0.3 is 10.6 Å². The van der Waals surface area contributed by atoms with Gasteiger partial charge in [0, 0.05) is 6.04 Å². The van der Waals surface area contributed by atoms with Crippen molar-refractivity contribution in [1.29, 1.82) is 0 Å². The molecule has 0 aliphatic carbocycles. The first-order valence-electron chi connectivity index (χ1n) is 8.18. The van der Waals surface area contributed by atoms with Crippen LogP contribution in [0.15, 0.2) is 24.3 Å². The van der Waals surface area contributed by atoms with E-state index in [0.29, 0.717) is 6.04 Å². The van der Waals surface area contributed by atoms with Crippen molar-refractivity contribution in [2.24, 2.45) is 11.8 Å². The third-order valence-corrected chi connectivity index (χ3v) is 4.24. The van der Waals surface area contributed by atoms with Crippen LogP contribution in [0.3, 0.4) is 0 Å². The number of rotatable bonds is 6. The van der Waals surface area contributed by atoms with Gasteiger partial charge in [0.1, 0.15) is 0 Å². The molecule has 2 heteroatoms. The Kier molecular flexibility index (Phi) is 6.06. The summed E-state index contributed by atoms with van der Waals surface area (Å²) in [6.07, 6.45) is 3.86. The molecule has 2 unspecified atom stereocenters. The van der Waals surface area contributed by atoms with E-state index in [1.807, 2.05) is 0 Å². The maximum absolute atomic E-state index is 3.69. The van der Waals surface area contributed by atoms with Crippen LogP contribution in [0.1, 0.15) is 50.8 Å². The highest BCUT2D eigenvalue weighted by Crippen LogP contribution is 2.17. The summed E-state index contributed by atoms with van der Waals surface area (Å²) in [5.74, 6) is 1.53. The van der Waals surface area contributed by atoms with Gasteiger partial charge in [-0.2, -0.15) is 0 Å². The van der Waals surface area contributed by atoms with Crippen LogP contribution in [0.2, 0.25) is 0 Å². The Bertz CT molecular complexity index is 377. The van der Waals surface area contributed by atoms with Crippen molar-refractivity contribution in [3.05, 3.63) is 35.4 Å². The number of nitrogens with one attached hydrogen (secondary N) is 2. The summed E-state index contributed by atoms with van der Waals surface area (Å²) < 4.78 is 0. The van der Waals surface area contributed by atoms with E-state index in [4.69, 9.17) is 0 Å². The van der Waals surface area contributed by atoms with Gasteiger partial charge in [0.25, 0.3) is 0 Å². The summed E-state index contributed by atoms with van der Waals surface area (Å²) in [7, 11) is 0. The van der Waals surface area contributed by atoms with Crippen molar-refractivity contribution in [3.63, 3.8) is 0 Å². The average Bonchev–Trinajstić information content (AvgIpc) is 2.46. The monoisotopic (exact) mass is 274 g/mol. The number of benzene rings is 1. The molecule has 2 N–H and O–H groups in total. The molecule has 0 saturated carbocycles. The minimum Gasteiger partial charge on any atom is -0.316 e. The van der Waals surface area contributed by atoms with Crippen LogP contribution in [0.25, 0.3) is 0 Å². The first-order chi connectivity index (χ1) is 9.65. The minimum absolute atomic E-state index is 0.449. The zero-order valence-corrected chi connectivity index (χ0v) is 13.3. The molecular formula is C18H30N2. The predicted octanol–water partition coefficient (Wildman–Crippen LogP) is 3.54. The summed E-state index contributed by atoms with van der Waals surface area (Å²) in [6, 6.07) is 9.60.